The van der Waals surface area contributed by atoms with Gasteiger partial charge in [-0.25, -0.2) is 0 Å². The minimum Gasteiger partial charge on any atom is -0.381 e. The second-order valence-electron chi connectivity index (χ2n) is 3.91. The Hall–Kier alpha value is -0.0400. The van der Waals surface area contributed by atoms with E-state index in [0.29, 0.717) is 11.5 Å². The van der Waals surface area contributed by atoms with Gasteiger partial charge in [0.05, 0.1) is 6.10 Å². The van der Waals surface area contributed by atoms with Gasteiger partial charge in [-0.3, -0.25) is 0 Å². The molecule has 1 nitrogen and oxygen atoms in total. The fourth-order valence-corrected chi connectivity index (χ4v) is 0.986. The highest BCUT2D eigenvalue weighted by Crippen LogP contribution is 2.23. The fourth-order valence-electron chi connectivity index (χ4n) is 0.986. The van der Waals surface area contributed by atoms with E-state index in [1.54, 1.807) is 7.11 Å². The maximum absolute atomic E-state index is 5.21. The van der Waals surface area contributed by atoms with Crippen LogP contribution in [0.4, 0.5) is 0 Å². The maximum Gasteiger partial charge on any atom is 0.0576 e. The second kappa shape index (κ2) is 3.97. The number of hydrogen-bond acceptors (Lipinski definition) is 1. The van der Waals surface area contributed by atoms with E-state index in [1.807, 2.05) is 0 Å². The Morgan fingerprint density at radius 1 is 1.40 bits per heavy atom. The Morgan fingerprint density at radius 2 is 1.90 bits per heavy atom. The molecule has 0 heterocycles. The lowest BCUT2D eigenvalue weighted by Crippen LogP contribution is -2.18. The van der Waals surface area contributed by atoms with Gasteiger partial charge in [-0.05, 0) is 18.3 Å². The number of ether oxygens (including phenoxy) is 1. The highest BCUT2D eigenvalue weighted by Gasteiger charge is 2.16. The maximum atomic E-state index is 5.21. The number of rotatable bonds is 3. The van der Waals surface area contributed by atoms with Crippen molar-refractivity contribution in [2.75, 3.05) is 7.11 Å². The lowest BCUT2D eigenvalue weighted by atomic mass is 9.88. The Kier molecular flexibility index (Phi) is 3.95. The molecule has 1 atom stereocenters. The molecule has 0 aromatic rings. The van der Waals surface area contributed by atoms with Gasteiger partial charge in [0.2, 0.25) is 0 Å². The minimum atomic E-state index is 0.333. The average molecular weight is 143 g/mol. The van der Waals surface area contributed by atoms with Crippen LogP contribution in [0, 0.1) is 12.3 Å². The molecule has 1 unspecified atom stereocenters. The molecule has 1 radical (unpaired) electrons. The lowest BCUT2D eigenvalue weighted by molar-refractivity contribution is 0.0682. The molecule has 10 heavy (non-hydrogen) atoms. The van der Waals surface area contributed by atoms with Crippen LogP contribution in [0.2, 0.25) is 0 Å². The van der Waals surface area contributed by atoms with Gasteiger partial charge in [0.25, 0.3) is 0 Å². The predicted molar refractivity (Wildman–Crippen MR) is 44.8 cm³/mol. The first kappa shape index (κ1) is 9.96. The highest BCUT2D eigenvalue weighted by atomic mass is 16.5. The molecule has 0 rings (SSSR count). The minimum absolute atomic E-state index is 0.333. The van der Waals surface area contributed by atoms with Crippen LogP contribution in [0.1, 0.15) is 33.6 Å². The lowest BCUT2D eigenvalue weighted by Gasteiger charge is -2.23. The predicted octanol–water partition coefficient (Wildman–Crippen LogP) is 2.66. The van der Waals surface area contributed by atoms with E-state index >= 15 is 0 Å². The summed E-state index contributed by atoms with van der Waals surface area (Å²) in [5.74, 6) is 0. The van der Waals surface area contributed by atoms with Crippen LogP contribution in [-0.4, -0.2) is 13.2 Å². The van der Waals surface area contributed by atoms with E-state index < -0.39 is 0 Å². The first-order valence-corrected chi connectivity index (χ1v) is 3.81. The third-order valence-corrected chi connectivity index (χ3v) is 1.50. The summed E-state index contributed by atoms with van der Waals surface area (Å²) in [5, 5.41) is 0. The summed E-state index contributed by atoms with van der Waals surface area (Å²) < 4.78 is 5.21. The van der Waals surface area contributed by atoms with Gasteiger partial charge in [0.15, 0.2) is 0 Å². The molecule has 0 aliphatic rings. The molecule has 0 spiro atoms. The van der Waals surface area contributed by atoms with Crippen LogP contribution in [-0.2, 0) is 4.74 Å². The zero-order valence-electron chi connectivity index (χ0n) is 7.61. The van der Waals surface area contributed by atoms with Crippen molar-refractivity contribution in [3.63, 3.8) is 0 Å². The second-order valence-corrected chi connectivity index (χ2v) is 3.91. The molecule has 0 N–H and O–H groups in total. The molecule has 0 amide bonds. The Balaban J connectivity index is 3.63. The third kappa shape index (κ3) is 4.80. The Bertz CT molecular complexity index is 77.2. The molecule has 0 fully saturated rings. The average Bonchev–Trinajstić information content (AvgIpc) is 1.81. The fraction of sp³-hybridized carbons (Fsp3) is 0.889. The van der Waals surface area contributed by atoms with Gasteiger partial charge in [-0.15, -0.1) is 0 Å². The van der Waals surface area contributed by atoms with Crippen LogP contribution in [0.15, 0.2) is 0 Å². The van der Waals surface area contributed by atoms with Crippen molar-refractivity contribution in [3.8, 4) is 0 Å². The first-order chi connectivity index (χ1) is 4.49. The molecule has 0 saturated heterocycles. The molecule has 0 aliphatic carbocycles. The summed E-state index contributed by atoms with van der Waals surface area (Å²) in [6, 6.07) is 0. The van der Waals surface area contributed by atoms with E-state index in [2.05, 4.69) is 27.7 Å². The van der Waals surface area contributed by atoms with Crippen LogP contribution in [0.3, 0.4) is 0 Å². The van der Waals surface area contributed by atoms with Gasteiger partial charge in [0, 0.05) is 7.11 Å². The van der Waals surface area contributed by atoms with Crippen molar-refractivity contribution < 1.29 is 4.74 Å². The van der Waals surface area contributed by atoms with Gasteiger partial charge < -0.3 is 4.74 Å². The quantitative estimate of drug-likeness (QED) is 0.590. The van der Waals surface area contributed by atoms with E-state index in [9.17, 15) is 0 Å². The van der Waals surface area contributed by atoms with E-state index in [4.69, 9.17) is 4.74 Å². The standard InChI is InChI=1S/C9H19O/c1-6-8(10-5)7-9(2,3)4/h8H,1,6-7H2,2-5H3. The van der Waals surface area contributed by atoms with Crippen molar-refractivity contribution in [2.24, 2.45) is 5.41 Å². The summed E-state index contributed by atoms with van der Waals surface area (Å²) in [7, 11) is 1.75. The molecule has 61 valence electrons. The summed E-state index contributed by atoms with van der Waals surface area (Å²) in [6.45, 7) is 10.5. The Labute approximate surface area is 64.8 Å². The summed E-state index contributed by atoms with van der Waals surface area (Å²) in [6.07, 6.45) is 2.29. The van der Waals surface area contributed by atoms with Crippen molar-refractivity contribution >= 4 is 0 Å². The zero-order chi connectivity index (χ0) is 8.20. The molecular weight excluding hydrogens is 124 g/mol. The SMILES string of the molecule is [CH2]CC(CC(C)(C)C)OC. The molecule has 1 heteroatoms. The van der Waals surface area contributed by atoms with Crippen molar-refractivity contribution in [1.82, 2.24) is 0 Å². The van der Waals surface area contributed by atoms with Crippen LogP contribution >= 0.6 is 0 Å². The third-order valence-electron chi connectivity index (χ3n) is 1.50. The monoisotopic (exact) mass is 143 g/mol. The van der Waals surface area contributed by atoms with Gasteiger partial charge >= 0.3 is 0 Å². The van der Waals surface area contributed by atoms with Crippen molar-refractivity contribution in [1.29, 1.82) is 0 Å². The number of methoxy groups -OCH3 is 1. The first-order valence-electron chi connectivity index (χ1n) is 3.81. The normalized spacial score (nSPS) is 15.3. The molecule has 0 aromatic carbocycles. The smallest absolute Gasteiger partial charge is 0.0576 e. The molecule has 0 bridgehead atoms. The zero-order valence-corrected chi connectivity index (χ0v) is 7.61. The van der Waals surface area contributed by atoms with E-state index in [0.717, 1.165) is 12.8 Å². The molecule has 0 aromatic heterocycles. The van der Waals surface area contributed by atoms with Gasteiger partial charge in [-0.2, -0.15) is 0 Å². The molecule has 0 aliphatic heterocycles. The Morgan fingerprint density at radius 3 is 2.00 bits per heavy atom. The van der Waals surface area contributed by atoms with Crippen LogP contribution in [0.5, 0.6) is 0 Å². The van der Waals surface area contributed by atoms with Crippen molar-refractivity contribution in [3.05, 3.63) is 6.92 Å². The van der Waals surface area contributed by atoms with Gasteiger partial charge in [0.1, 0.15) is 0 Å². The summed E-state index contributed by atoms with van der Waals surface area (Å²) in [5.41, 5.74) is 0.359. The van der Waals surface area contributed by atoms with E-state index in [-0.39, 0.29) is 0 Å². The highest BCUT2D eigenvalue weighted by molar-refractivity contribution is 4.69. The van der Waals surface area contributed by atoms with E-state index in [1.165, 1.54) is 0 Å². The van der Waals surface area contributed by atoms with Crippen LogP contribution < -0.4 is 0 Å². The van der Waals surface area contributed by atoms with Crippen LogP contribution in [0.25, 0.3) is 0 Å². The number of hydrogen-bond donors (Lipinski definition) is 0. The molecular formula is C9H19O. The van der Waals surface area contributed by atoms with Gasteiger partial charge in [-0.1, -0.05) is 27.7 Å². The van der Waals surface area contributed by atoms with Crippen molar-refractivity contribution in [2.45, 2.75) is 39.7 Å². The largest absolute Gasteiger partial charge is 0.381 e. The molecule has 0 saturated carbocycles. The topological polar surface area (TPSA) is 9.23 Å². The summed E-state index contributed by atoms with van der Waals surface area (Å²) >= 11 is 0. The summed E-state index contributed by atoms with van der Waals surface area (Å²) in [4.78, 5) is 0.